The van der Waals surface area contributed by atoms with Crippen molar-refractivity contribution in [3.63, 3.8) is 0 Å². The predicted molar refractivity (Wildman–Crippen MR) is 88.8 cm³/mol. The van der Waals surface area contributed by atoms with Crippen LogP contribution in [-0.4, -0.2) is 4.68 Å². The van der Waals surface area contributed by atoms with Crippen LogP contribution < -0.4 is 5.43 Å². The van der Waals surface area contributed by atoms with Crippen molar-refractivity contribution >= 4 is 34.3 Å². The molecule has 5 heteroatoms. The normalized spacial score (nSPS) is 12.6. The number of nitrogens with zero attached hydrogens (tertiary/aromatic N) is 1. The van der Waals surface area contributed by atoms with Crippen LogP contribution in [0.4, 0.5) is 0 Å². The van der Waals surface area contributed by atoms with Crippen LogP contribution in [0.2, 0.25) is 4.34 Å². The van der Waals surface area contributed by atoms with Crippen LogP contribution in [-0.2, 0) is 0 Å². The van der Waals surface area contributed by atoms with Crippen molar-refractivity contribution < 1.29 is 0 Å². The lowest BCUT2D eigenvalue weighted by molar-refractivity contribution is 0.741. The number of halogens is 1. The van der Waals surface area contributed by atoms with Crippen molar-refractivity contribution in [2.24, 2.45) is 0 Å². The van der Waals surface area contributed by atoms with E-state index in [1.807, 2.05) is 6.07 Å². The van der Waals surface area contributed by atoms with Crippen LogP contribution in [0.1, 0.15) is 27.2 Å². The fourth-order valence-electron chi connectivity index (χ4n) is 2.21. The third kappa shape index (κ3) is 2.64. The van der Waals surface area contributed by atoms with Crippen molar-refractivity contribution in [2.75, 3.05) is 5.43 Å². The quantitative estimate of drug-likeness (QED) is 0.697. The first-order chi connectivity index (χ1) is 9.65. The first-order valence-corrected chi connectivity index (χ1v) is 8.42. The molecule has 0 radical (unpaired) electrons. The summed E-state index contributed by atoms with van der Waals surface area (Å²) in [4.78, 5) is 2.51. The molecule has 1 unspecified atom stereocenters. The monoisotopic (exact) mass is 322 g/mol. The Hall–Kier alpha value is -1.23. The molecule has 0 bridgehead atoms. The molecule has 0 aliphatic heterocycles. The molecule has 0 amide bonds. The molecule has 0 aromatic carbocycles. The second-order valence-corrected chi connectivity index (χ2v) is 7.40. The van der Waals surface area contributed by atoms with E-state index in [-0.39, 0.29) is 6.04 Å². The lowest BCUT2D eigenvalue weighted by atomic mass is 10.2. The third-order valence-electron chi connectivity index (χ3n) is 3.24. The molecule has 1 atom stereocenters. The molecule has 0 aliphatic carbocycles. The van der Waals surface area contributed by atoms with Crippen LogP contribution in [0.3, 0.4) is 0 Å². The van der Waals surface area contributed by atoms with E-state index >= 15 is 0 Å². The summed E-state index contributed by atoms with van der Waals surface area (Å²) in [5.74, 6) is 0. The van der Waals surface area contributed by atoms with Crippen molar-refractivity contribution in [1.82, 2.24) is 4.68 Å². The molecule has 3 rings (SSSR count). The zero-order valence-corrected chi connectivity index (χ0v) is 13.6. The van der Waals surface area contributed by atoms with Gasteiger partial charge in [0, 0.05) is 21.1 Å². The highest BCUT2D eigenvalue weighted by Crippen LogP contribution is 2.34. The fourth-order valence-corrected chi connectivity index (χ4v) is 4.19. The van der Waals surface area contributed by atoms with E-state index in [0.29, 0.717) is 0 Å². The number of nitrogens with one attached hydrogen (secondary N) is 1. The predicted octanol–water partition coefficient (Wildman–Crippen LogP) is 5.21. The van der Waals surface area contributed by atoms with E-state index in [9.17, 15) is 0 Å². The highest BCUT2D eigenvalue weighted by Gasteiger charge is 2.18. The third-order valence-corrected chi connectivity index (χ3v) is 5.47. The van der Waals surface area contributed by atoms with Gasteiger partial charge in [-0.05, 0) is 49.6 Å². The first kappa shape index (κ1) is 13.7. The number of thiophene rings is 2. The zero-order valence-electron chi connectivity index (χ0n) is 11.3. The smallest absolute Gasteiger partial charge is 0.111 e. The van der Waals surface area contributed by atoms with Gasteiger partial charge in [0.2, 0.25) is 0 Å². The van der Waals surface area contributed by atoms with Gasteiger partial charge in [-0.25, -0.2) is 0 Å². The summed E-state index contributed by atoms with van der Waals surface area (Å²) >= 11 is 9.48. The van der Waals surface area contributed by atoms with Gasteiger partial charge in [0.05, 0.1) is 4.34 Å². The minimum absolute atomic E-state index is 0.136. The van der Waals surface area contributed by atoms with Crippen LogP contribution in [0.5, 0.6) is 0 Å². The Morgan fingerprint density at radius 3 is 2.35 bits per heavy atom. The molecule has 3 heterocycles. The van der Waals surface area contributed by atoms with Crippen molar-refractivity contribution in [3.8, 4) is 0 Å². The van der Waals surface area contributed by atoms with Gasteiger partial charge in [-0.15, -0.1) is 22.7 Å². The maximum atomic E-state index is 6.10. The molecular weight excluding hydrogens is 308 g/mol. The van der Waals surface area contributed by atoms with E-state index in [0.717, 1.165) is 4.34 Å². The van der Waals surface area contributed by atoms with Gasteiger partial charge in [0.25, 0.3) is 0 Å². The van der Waals surface area contributed by atoms with Crippen LogP contribution >= 0.6 is 34.3 Å². The highest BCUT2D eigenvalue weighted by molar-refractivity contribution is 7.16. The Kier molecular flexibility index (Phi) is 3.87. The van der Waals surface area contributed by atoms with Gasteiger partial charge in [-0.2, -0.15) is 0 Å². The highest BCUT2D eigenvalue weighted by atomic mass is 35.5. The van der Waals surface area contributed by atoms with Gasteiger partial charge in [0.15, 0.2) is 0 Å². The second kappa shape index (κ2) is 5.64. The second-order valence-electron chi connectivity index (χ2n) is 4.67. The van der Waals surface area contributed by atoms with Crippen molar-refractivity contribution in [1.29, 1.82) is 0 Å². The lowest BCUT2D eigenvalue weighted by Gasteiger charge is -2.21. The Balaban J connectivity index is 1.99. The average molecular weight is 323 g/mol. The molecule has 2 nitrogen and oxygen atoms in total. The minimum Gasteiger partial charge on any atom is -0.312 e. The first-order valence-electron chi connectivity index (χ1n) is 6.35. The van der Waals surface area contributed by atoms with Crippen LogP contribution in [0.15, 0.2) is 41.8 Å². The molecule has 0 aliphatic rings. The van der Waals surface area contributed by atoms with E-state index in [1.54, 1.807) is 22.7 Å². The molecule has 0 saturated heterocycles. The Morgan fingerprint density at radius 2 is 1.80 bits per heavy atom. The maximum absolute atomic E-state index is 6.10. The minimum atomic E-state index is 0.136. The Bertz CT molecular complexity index is 678. The van der Waals surface area contributed by atoms with Gasteiger partial charge in [-0.1, -0.05) is 17.7 Å². The number of aryl methyl sites for hydroxylation is 2. The summed E-state index contributed by atoms with van der Waals surface area (Å²) < 4.78 is 2.96. The maximum Gasteiger partial charge on any atom is 0.111 e. The molecule has 1 N–H and O–H groups in total. The number of rotatable bonds is 4. The summed E-state index contributed by atoms with van der Waals surface area (Å²) in [6.45, 7) is 4.21. The van der Waals surface area contributed by atoms with Crippen LogP contribution in [0.25, 0.3) is 0 Å². The lowest BCUT2D eigenvalue weighted by Crippen LogP contribution is -2.22. The number of hydrogen-bond donors (Lipinski definition) is 1. The van der Waals surface area contributed by atoms with E-state index < -0.39 is 0 Å². The average Bonchev–Trinajstić information content (AvgIpc) is 3.13. The number of hydrogen-bond acceptors (Lipinski definition) is 3. The SMILES string of the molecule is Cc1ccc(C)n1NC(c1cccs1)c1ccc(Cl)s1. The van der Waals surface area contributed by atoms with Gasteiger partial charge in [-0.3, -0.25) is 4.68 Å². The summed E-state index contributed by atoms with van der Waals surface area (Å²) in [7, 11) is 0. The Labute approximate surface area is 131 Å². The molecule has 3 aromatic rings. The summed E-state index contributed by atoms with van der Waals surface area (Å²) in [5.41, 5.74) is 6.01. The summed E-state index contributed by atoms with van der Waals surface area (Å²) in [5, 5.41) is 2.11. The largest absolute Gasteiger partial charge is 0.312 e. The molecule has 0 spiro atoms. The number of aromatic nitrogens is 1. The zero-order chi connectivity index (χ0) is 14.1. The molecule has 0 fully saturated rings. The standard InChI is InChI=1S/C15H15ClN2S2/c1-10-5-6-11(2)18(10)17-15(12-4-3-9-19-12)13-7-8-14(16)20-13/h3-9,15,17H,1-2H3. The molecule has 0 saturated carbocycles. The molecular formula is C15H15ClN2S2. The Morgan fingerprint density at radius 1 is 1.05 bits per heavy atom. The van der Waals surface area contributed by atoms with Gasteiger partial charge < -0.3 is 5.43 Å². The van der Waals surface area contributed by atoms with E-state index in [4.69, 9.17) is 11.6 Å². The van der Waals surface area contributed by atoms with E-state index in [2.05, 4.69) is 59.7 Å². The van der Waals surface area contributed by atoms with Gasteiger partial charge >= 0.3 is 0 Å². The van der Waals surface area contributed by atoms with Crippen molar-refractivity contribution in [2.45, 2.75) is 19.9 Å². The topological polar surface area (TPSA) is 17.0 Å². The summed E-state index contributed by atoms with van der Waals surface area (Å²) in [6, 6.07) is 12.7. The molecule has 104 valence electrons. The van der Waals surface area contributed by atoms with Gasteiger partial charge in [0.1, 0.15) is 6.04 Å². The molecule has 3 aromatic heterocycles. The fraction of sp³-hybridized carbons (Fsp3) is 0.200. The summed E-state index contributed by atoms with van der Waals surface area (Å²) in [6.07, 6.45) is 0. The van der Waals surface area contributed by atoms with E-state index in [1.165, 1.54) is 21.1 Å². The van der Waals surface area contributed by atoms with Crippen molar-refractivity contribution in [3.05, 3.63) is 67.3 Å². The van der Waals surface area contributed by atoms with Crippen LogP contribution in [0, 0.1) is 13.8 Å². The molecule has 20 heavy (non-hydrogen) atoms.